The van der Waals surface area contributed by atoms with Crippen molar-refractivity contribution in [2.45, 2.75) is 33.2 Å². The molecular weight excluding hydrogens is 214 g/mol. The molecule has 17 heavy (non-hydrogen) atoms. The van der Waals surface area contributed by atoms with E-state index in [1.54, 1.807) is 0 Å². The fraction of sp³-hybridized carbons (Fsp3) is 0.571. The number of nitrogens with one attached hydrogen (secondary N) is 1. The highest BCUT2D eigenvalue weighted by atomic mass is 16.5. The maximum Gasteiger partial charge on any atom is 0.123 e. The predicted molar refractivity (Wildman–Crippen MR) is 70.9 cm³/mol. The molecule has 1 N–H and O–H groups in total. The van der Waals surface area contributed by atoms with Gasteiger partial charge in [-0.15, -0.1) is 0 Å². The van der Waals surface area contributed by atoms with Crippen LogP contribution in [0.4, 0.5) is 0 Å². The Morgan fingerprint density at radius 3 is 2.35 bits per heavy atom. The summed E-state index contributed by atoms with van der Waals surface area (Å²) in [4.78, 5) is 0. The Morgan fingerprint density at radius 2 is 1.76 bits per heavy atom. The standard InChI is InChI=1S/C14H23NO2/c1-4-9-16-13-6-5-7-14(11-13)17-10-8-15-12(2)3/h5-7,11-12,15H,4,8-10H2,1-3H3. The van der Waals surface area contributed by atoms with Crippen molar-refractivity contribution in [3.8, 4) is 11.5 Å². The lowest BCUT2D eigenvalue weighted by Crippen LogP contribution is -2.27. The van der Waals surface area contributed by atoms with Crippen LogP contribution in [0.5, 0.6) is 11.5 Å². The highest BCUT2D eigenvalue weighted by molar-refractivity contribution is 5.32. The average Bonchev–Trinajstić information content (AvgIpc) is 2.32. The molecule has 0 aliphatic carbocycles. The molecule has 1 rings (SSSR count). The molecule has 96 valence electrons. The van der Waals surface area contributed by atoms with Gasteiger partial charge in [0, 0.05) is 18.7 Å². The Kier molecular flexibility index (Phi) is 6.48. The zero-order valence-corrected chi connectivity index (χ0v) is 11.0. The van der Waals surface area contributed by atoms with Crippen molar-refractivity contribution in [3.63, 3.8) is 0 Å². The van der Waals surface area contributed by atoms with Crippen molar-refractivity contribution in [1.29, 1.82) is 0 Å². The summed E-state index contributed by atoms with van der Waals surface area (Å²) >= 11 is 0. The number of ether oxygens (including phenoxy) is 2. The maximum absolute atomic E-state index is 5.63. The lowest BCUT2D eigenvalue weighted by molar-refractivity contribution is 0.297. The first kappa shape index (κ1) is 13.8. The normalized spacial score (nSPS) is 10.6. The van der Waals surface area contributed by atoms with Gasteiger partial charge in [-0.3, -0.25) is 0 Å². The Labute approximate surface area is 104 Å². The van der Waals surface area contributed by atoms with E-state index in [0.717, 1.165) is 31.1 Å². The fourth-order valence-corrected chi connectivity index (χ4v) is 1.39. The third kappa shape index (κ3) is 6.17. The quantitative estimate of drug-likeness (QED) is 0.705. The van der Waals surface area contributed by atoms with Crippen LogP contribution in [0.1, 0.15) is 27.2 Å². The molecule has 0 aromatic heterocycles. The first-order chi connectivity index (χ1) is 8.22. The van der Waals surface area contributed by atoms with Gasteiger partial charge in [0.1, 0.15) is 18.1 Å². The van der Waals surface area contributed by atoms with E-state index in [2.05, 4.69) is 26.1 Å². The van der Waals surface area contributed by atoms with Crippen LogP contribution >= 0.6 is 0 Å². The van der Waals surface area contributed by atoms with Crippen LogP contribution in [0.15, 0.2) is 24.3 Å². The smallest absolute Gasteiger partial charge is 0.123 e. The van der Waals surface area contributed by atoms with Crippen molar-refractivity contribution < 1.29 is 9.47 Å². The van der Waals surface area contributed by atoms with Crippen LogP contribution in [0.2, 0.25) is 0 Å². The summed E-state index contributed by atoms with van der Waals surface area (Å²) in [5.74, 6) is 1.74. The zero-order chi connectivity index (χ0) is 12.5. The van der Waals surface area contributed by atoms with Crippen molar-refractivity contribution in [2.24, 2.45) is 0 Å². The Bertz CT molecular complexity index is 313. The highest BCUT2D eigenvalue weighted by Crippen LogP contribution is 2.19. The van der Waals surface area contributed by atoms with Crippen LogP contribution in [0, 0.1) is 0 Å². The summed E-state index contributed by atoms with van der Waals surface area (Å²) < 4.78 is 11.2. The second-order valence-electron chi connectivity index (χ2n) is 4.28. The summed E-state index contributed by atoms with van der Waals surface area (Å²) in [7, 11) is 0. The van der Waals surface area contributed by atoms with Gasteiger partial charge in [-0.05, 0) is 18.6 Å². The van der Waals surface area contributed by atoms with Crippen LogP contribution < -0.4 is 14.8 Å². The topological polar surface area (TPSA) is 30.5 Å². The number of rotatable bonds is 8. The molecule has 0 aliphatic heterocycles. The fourth-order valence-electron chi connectivity index (χ4n) is 1.39. The molecule has 3 nitrogen and oxygen atoms in total. The minimum absolute atomic E-state index is 0.498. The summed E-state index contributed by atoms with van der Waals surface area (Å²) in [6.45, 7) is 8.63. The van der Waals surface area contributed by atoms with E-state index in [0.29, 0.717) is 12.6 Å². The Balaban J connectivity index is 2.32. The van der Waals surface area contributed by atoms with Crippen molar-refractivity contribution in [2.75, 3.05) is 19.8 Å². The van der Waals surface area contributed by atoms with Crippen LogP contribution in [-0.2, 0) is 0 Å². The average molecular weight is 237 g/mol. The highest BCUT2D eigenvalue weighted by Gasteiger charge is 1.98. The lowest BCUT2D eigenvalue weighted by Gasteiger charge is -2.11. The number of hydrogen-bond donors (Lipinski definition) is 1. The van der Waals surface area contributed by atoms with E-state index in [1.165, 1.54) is 0 Å². The Hall–Kier alpha value is -1.22. The molecule has 0 heterocycles. The van der Waals surface area contributed by atoms with Gasteiger partial charge >= 0.3 is 0 Å². The molecule has 0 unspecified atom stereocenters. The van der Waals surface area contributed by atoms with Gasteiger partial charge in [-0.2, -0.15) is 0 Å². The molecule has 1 aromatic carbocycles. The van der Waals surface area contributed by atoms with Gasteiger partial charge in [0.15, 0.2) is 0 Å². The molecular formula is C14H23NO2. The largest absolute Gasteiger partial charge is 0.493 e. The molecule has 0 fully saturated rings. The summed E-state index contributed by atoms with van der Waals surface area (Å²) in [5, 5.41) is 3.31. The molecule has 0 bridgehead atoms. The van der Waals surface area contributed by atoms with Gasteiger partial charge in [0.25, 0.3) is 0 Å². The first-order valence-corrected chi connectivity index (χ1v) is 6.31. The minimum Gasteiger partial charge on any atom is -0.493 e. The first-order valence-electron chi connectivity index (χ1n) is 6.31. The molecule has 0 amide bonds. The molecule has 0 saturated carbocycles. The van der Waals surface area contributed by atoms with Crippen molar-refractivity contribution in [3.05, 3.63) is 24.3 Å². The second kappa shape index (κ2) is 7.96. The van der Waals surface area contributed by atoms with Crippen molar-refractivity contribution >= 4 is 0 Å². The van der Waals surface area contributed by atoms with E-state index in [1.807, 2.05) is 24.3 Å². The van der Waals surface area contributed by atoms with E-state index < -0.39 is 0 Å². The van der Waals surface area contributed by atoms with E-state index in [9.17, 15) is 0 Å². The van der Waals surface area contributed by atoms with E-state index >= 15 is 0 Å². The maximum atomic E-state index is 5.63. The van der Waals surface area contributed by atoms with E-state index in [-0.39, 0.29) is 0 Å². The van der Waals surface area contributed by atoms with Gasteiger partial charge in [0.2, 0.25) is 0 Å². The molecule has 1 aromatic rings. The minimum atomic E-state index is 0.498. The summed E-state index contributed by atoms with van der Waals surface area (Å²) in [5.41, 5.74) is 0. The Morgan fingerprint density at radius 1 is 1.12 bits per heavy atom. The molecule has 0 radical (unpaired) electrons. The monoisotopic (exact) mass is 237 g/mol. The number of benzene rings is 1. The van der Waals surface area contributed by atoms with Crippen LogP contribution in [-0.4, -0.2) is 25.8 Å². The molecule has 0 aliphatic rings. The molecule has 0 spiro atoms. The second-order valence-corrected chi connectivity index (χ2v) is 4.28. The third-order valence-corrected chi connectivity index (χ3v) is 2.20. The summed E-state index contributed by atoms with van der Waals surface area (Å²) in [6, 6.07) is 8.29. The van der Waals surface area contributed by atoms with Crippen LogP contribution in [0.3, 0.4) is 0 Å². The molecule has 3 heteroatoms. The van der Waals surface area contributed by atoms with Gasteiger partial charge in [-0.1, -0.05) is 26.8 Å². The predicted octanol–water partition coefficient (Wildman–Crippen LogP) is 2.85. The van der Waals surface area contributed by atoms with Crippen molar-refractivity contribution in [1.82, 2.24) is 5.32 Å². The van der Waals surface area contributed by atoms with Gasteiger partial charge < -0.3 is 14.8 Å². The SMILES string of the molecule is CCCOc1cccc(OCCNC(C)C)c1. The lowest BCUT2D eigenvalue weighted by atomic mass is 10.3. The molecule has 0 atom stereocenters. The van der Waals surface area contributed by atoms with E-state index in [4.69, 9.17) is 9.47 Å². The third-order valence-electron chi connectivity index (χ3n) is 2.20. The summed E-state index contributed by atoms with van der Waals surface area (Å²) in [6.07, 6.45) is 1.02. The number of hydrogen-bond acceptors (Lipinski definition) is 3. The molecule has 0 saturated heterocycles. The van der Waals surface area contributed by atoms with Gasteiger partial charge in [0.05, 0.1) is 6.61 Å². The van der Waals surface area contributed by atoms with Gasteiger partial charge in [-0.25, -0.2) is 0 Å². The zero-order valence-electron chi connectivity index (χ0n) is 11.0. The van der Waals surface area contributed by atoms with Crippen LogP contribution in [0.25, 0.3) is 0 Å².